The zero-order valence-corrected chi connectivity index (χ0v) is 9.63. The summed E-state index contributed by atoms with van der Waals surface area (Å²) in [5.74, 6) is -0.869. The van der Waals surface area contributed by atoms with Gasteiger partial charge in [0, 0.05) is 6.61 Å². The van der Waals surface area contributed by atoms with Crippen molar-refractivity contribution in [1.29, 1.82) is 0 Å². The van der Waals surface area contributed by atoms with Crippen LogP contribution in [0.25, 0.3) is 0 Å². The summed E-state index contributed by atoms with van der Waals surface area (Å²) >= 11 is 0. The van der Waals surface area contributed by atoms with E-state index in [0.29, 0.717) is 13.0 Å². The van der Waals surface area contributed by atoms with Gasteiger partial charge in [-0.1, -0.05) is 6.07 Å². The van der Waals surface area contributed by atoms with Gasteiger partial charge in [0.1, 0.15) is 11.4 Å². The largest absolute Gasteiger partial charge is 0.379 e. The average molecular weight is 238 g/mol. The van der Waals surface area contributed by atoms with Crippen molar-refractivity contribution in [2.45, 2.75) is 18.9 Å². The minimum atomic E-state index is -1.05. The van der Waals surface area contributed by atoms with E-state index in [1.54, 1.807) is 12.1 Å². The van der Waals surface area contributed by atoms with Crippen molar-refractivity contribution >= 4 is 11.6 Å². The molecule has 4 nitrogen and oxygen atoms in total. The average Bonchev–Trinajstić information content (AvgIpc) is 2.72. The van der Waals surface area contributed by atoms with E-state index in [9.17, 15) is 9.18 Å². The summed E-state index contributed by atoms with van der Waals surface area (Å²) in [6.07, 6.45) is 0.451. The molecule has 1 heterocycles. The molecular weight excluding hydrogens is 223 g/mol. The van der Waals surface area contributed by atoms with Crippen LogP contribution < -0.4 is 11.1 Å². The van der Waals surface area contributed by atoms with Crippen molar-refractivity contribution in [2.75, 3.05) is 18.5 Å². The number of amides is 1. The number of hydrogen-bond acceptors (Lipinski definition) is 3. The molecule has 3 N–H and O–H groups in total. The summed E-state index contributed by atoms with van der Waals surface area (Å²) in [5.41, 5.74) is 5.86. The summed E-state index contributed by atoms with van der Waals surface area (Å²) in [6, 6.07) is 4.54. The standard InChI is InChI=1S/C12H15FN2O2/c1-8-2-3-9(13)10(6-8)15-11(16)12(14)4-5-17-7-12/h2-3,6H,4-5,7,14H2,1H3,(H,15,16). The molecular formula is C12H15FN2O2. The molecule has 1 fully saturated rings. The number of rotatable bonds is 2. The maximum atomic E-state index is 13.5. The number of carbonyl (C=O) groups is 1. The number of nitrogens with one attached hydrogen (secondary N) is 1. The van der Waals surface area contributed by atoms with Crippen molar-refractivity contribution in [1.82, 2.24) is 0 Å². The topological polar surface area (TPSA) is 64.4 Å². The lowest BCUT2D eigenvalue weighted by Crippen LogP contribution is -2.51. The van der Waals surface area contributed by atoms with Crippen molar-refractivity contribution in [2.24, 2.45) is 5.73 Å². The zero-order valence-electron chi connectivity index (χ0n) is 9.63. The van der Waals surface area contributed by atoms with Crippen LogP contribution in [-0.2, 0) is 9.53 Å². The first-order valence-electron chi connectivity index (χ1n) is 5.45. The summed E-state index contributed by atoms with van der Waals surface area (Å²) < 4.78 is 18.5. The number of hydrogen-bond donors (Lipinski definition) is 2. The van der Waals surface area contributed by atoms with E-state index in [-0.39, 0.29) is 12.3 Å². The van der Waals surface area contributed by atoms with Gasteiger partial charge in [0.15, 0.2) is 0 Å². The first-order valence-corrected chi connectivity index (χ1v) is 5.45. The summed E-state index contributed by atoms with van der Waals surface area (Å²) in [5, 5.41) is 2.51. The van der Waals surface area contributed by atoms with Crippen LogP contribution in [-0.4, -0.2) is 24.7 Å². The molecule has 5 heteroatoms. The van der Waals surface area contributed by atoms with Gasteiger partial charge in [-0.25, -0.2) is 4.39 Å². The number of ether oxygens (including phenoxy) is 1. The van der Waals surface area contributed by atoms with Gasteiger partial charge in [-0.3, -0.25) is 4.79 Å². The van der Waals surface area contributed by atoms with Crippen LogP contribution in [0.1, 0.15) is 12.0 Å². The first-order chi connectivity index (χ1) is 8.01. The SMILES string of the molecule is Cc1ccc(F)c(NC(=O)C2(N)CCOC2)c1. The van der Waals surface area contributed by atoms with Gasteiger partial charge in [0.05, 0.1) is 12.3 Å². The lowest BCUT2D eigenvalue weighted by atomic mass is 9.99. The molecule has 0 radical (unpaired) electrons. The summed E-state index contributed by atoms with van der Waals surface area (Å²) in [7, 11) is 0. The third-order valence-electron chi connectivity index (χ3n) is 2.87. The van der Waals surface area contributed by atoms with Crippen molar-refractivity contribution in [3.63, 3.8) is 0 Å². The Labute approximate surface area is 98.9 Å². The van der Waals surface area contributed by atoms with Gasteiger partial charge < -0.3 is 15.8 Å². The highest BCUT2D eigenvalue weighted by molar-refractivity contribution is 5.98. The fraction of sp³-hybridized carbons (Fsp3) is 0.417. The van der Waals surface area contributed by atoms with E-state index in [0.717, 1.165) is 5.56 Å². The third-order valence-corrected chi connectivity index (χ3v) is 2.87. The minimum absolute atomic E-state index is 0.159. The normalized spacial score (nSPS) is 23.7. The number of anilines is 1. The Morgan fingerprint density at radius 2 is 2.35 bits per heavy atom. The number of halogens is 1. The van der Waals surface area contributed by atoms with E-state index >= 15 is 0 Å². The van der Waals surface area contributed by atoms with Gasteiger partial charge >= 0.3 is 0 Å². The second kappa shape index (κ2) is 4.43. The highest BCUT2D eigenvalue weighted by Gasteiger charge is 2.38. The van der Waals surface area contributed by atoms with E-state index < -0.39 is 17.3 Å². The van der Waals surface area contributed by atoms with Gasteiger partial charge in [-0.15, -0.1) is 0 Å². The molecule has 2 rings (SSSR count). The fourth-order valence-electron chi connectivity index (χ4n) is 1.74. The Kier molecular flexibility index (Phi) is 3.13. The number of aryl methyl sites for hydroxylation is 1. The lowest BCUT2D eigenvalue weighted by Gasteiger charge is -2.20. The maximum Gasteiger partial charge on any atom is 0.247 e. The molecule has 92 valence electrons. The van der Waals surface area contributed by atoms with Crippen LogP contribution in [0.15, 0.2) is 18.2 Å². The van der Waals surface area contributed by atoms with Gasteiger partial charge in [0.25, 0.3) is 0 Å². The predicted octanol–water partition coefficient (Wildman–Crippen LogP) is 1.19. The molecule has 0 aliphatic carbocycles. The number of benzene rings is 1. The molecule has 1 aliphatic heterocycles. The minimum Gasteiger partial charge on any atom is -0.379 e. The van der Waals surface area contributed by atoms with Gasteiger partial charge in [-0.05, 0) is 31.0 Å². The van der Waals surface area contributed by atoms with Crippen LogP contribution in [0.3, 0.4) is 0 Å². The van der Waals surface area contributed by atoms with Crippen LogP contribution in [0.5, 0.6) is 0 Å². The van der Waals surface area contributed by atoms with Crippen molar-refractivity contribution in [3.8, 4) is 0 Å². The number of carbonyl (C=O) groups excluding carboxylic acids is 1. The van der Waals surface area contributed by atoms with Crippen LogP contribution in [0, 0.1) is 12.7 Å². The molecule has 1 saturated heterocycles. The monoisotopic (exact) mass is 238 g/mol. The predicted molar refractivity (Wildman–Crippen MR) is 62.1 cm³/mol. The molecule has 0 bridgehead atoms. The van der Waals surface area contributed by atoms with Crippen molar-refractivity contribution < 1.29 is 13.9 Å². The second-order valence-corrected chi connectivity index (χ2v) is 4.40. The first kappa shape index (κ1) is 12.0. The Balaban J connectivity index is 2.15. The fourth-order valence-corrected chi connectivity index (χ4v) is 1.74. The van der Waals surface area contributed by atoms with Crippen molar-refractivity contribution in [3.05, 3.63) is 29.6 Å². The molecule has 0 aromatic heterocycles. The van der Waals surface area contributed by atoms with E-state index in [1.165, 1.54) is 6.07 Å². The van der Waals surface area contributed by atoms with Gasteiger partial charge in [-0.2, -0.15) is 0 Å². The zero-order chi connectivity index (χ0) is 12.5. The molecule has 1 unspecified atom stereocenters. The third kappa shape index (κ3) is 2.45. The number of nitrogens with two attached hydrogens (primary N) is 1. The maximum absolute atomic E-state index is 13.5. The van der Waals surface area contributed by atoms with Gasteiger partial charge in [0.2, 0.25) is 5.91 Å². The Morgan fingerprint density at radius 3 is 3.00 bits per heavy atom. The quantitative estimate of drug-likeness (QED) is 0.813. The Morgan fingerprint density at radius 1 is 1.59 bits per heavy atom. The van der Waals surface area contributed by atoms with Crippen LogP contribution >= 0.6 is 0 Å². The van der Waals surface area contributed by atoms with E-state index in [1.807, 2.05) is 6.92 Å². The molecule has 1 amide bonds. The van der Waals surface area contributed by atoms with Crippen LogP contribution in [0.4, 0.5) is 10.1 Å². The molecule has 0 spiro atoms. The Hall–Kier alpha value is -1.46. The molecule has 1 atom stereocenters. The molecule has 17 heavy (non-hydrogen) atoms. The highest BCUT2D eigenvalue weighted by Crippen LogP contribution is 2.20. The molecule has 0 saturated carbocycles. The van der Waals surface area contributed by atoms with E-state index in [4.69, 9.17) is 10.5 Å². The smallest absolute Gasteiger partial charge is 0.247 e. The summed E-state index contributed by atoms with van der Waals surface area (Å²) in [6.45, 7) is 2.46. The highest BCUT2D eigenvalue weighted by atomic mass is 19.1. The second-order valence-electron chi connectivity index (χ2n) is 4.40. The summed E-state index contributed by atoms with van der Waals surface area (Å²) in [4.78, 5) is 11.9. The Bertz CT molecular complexity index is 442. The molecule has 1 aromatic carbocycles. The molecule has 1 aromatic rings. The van der Waals surface area contributed by atoms with Crippen LogP contribution in [0.2, 0.25) is 0 Å². The molecule has 1 aliphatic rings. The lowest BCUT2D eigenvalue weighted by molar-refractivity contribution is -0.121. The van der Waals surface area contributed by atoms with E-state index in [2.05, 4.69) is 5.32 Å².